The van der Waals surface area contributed by atoms with E-state index >= 15 is 0 Å². The molecule has 0 spiro atoms. The molecule has 2 rings (SSSR count). The lowest BCUT2D eigenvalue weighted by molar-refractivity contribution is 0.0444. The van der Waals surface area contributed by atoms with Gasteiger partial charge >= 0.3 is 0 Å². The molecule has 1 saturated carbocycles. The first-order valence-electron chi connectivity index (χ1n) is 6.42. The van der Waals surface area contributed by atoms with Crippen molar-refractivity contribution in [2.75, 3.05) is 12.3 Å². The van der Waals surface area contributed by atoms with Gasteiger partial charge < -0.3 is 15.2 Å². The third kappa shape index (κ3) is 3.37. The summed E-state index contributed by atoms with van der Waals surface area (Å²) in [7, 11) is 0. The van der Waals surface area contributed by atoms with Gasteiger partial charge in [0.2, 0.25) is 0 Å². The molecule has 1 fully saturated rings. The van der Waals surface area contributed by atoms with Gasteiger partial charge in [-0.25, -0.2) is 0 Å². The molecule has 0 atom stereocenters. The first kappa shape index (κ1) is 12.2. The second-order valence-corrected chi connectivity index (χ2v) is 4.52. The topological polar surface area (TPSA) is 44.5 Å². The highest BCUT2D eigenvalue weighted by atomic mass is 16.5. The summed E-state index contributed by atoms with van der Waals surface area (Å²) in [6, 6.07) is 5.73. The summed E-state index contributed by atoms with van der Waals surface area (Å²) in [5, 5.41) is 0. The highest BCUT2D eigenvalue weighted by molar-refractivity contribution is 5.47. The second-order valence-electron chi connectivity index (χ2n) is 4.52. The van der Waals surface area contributed by atoms with E-state index in [1.807, 2.05) is 25.1 Å². The Morgan fingerprint density at radius 1 is 1.29 bits per heavy atom. The number of rotatable bonds is 5. The number of ether oxygens (including phenoxy) is 2. The fourth-order valence-corrected chi connectivity index (χ4v) is 2.27. The van der Waals surface area contributed by atoms with Crippen molar-refractivity contribution in [3.05, 3.63) is 23.8 Å². The maximum Gasteiger partial charge on any atom is 0.124 e. The zero-order valence-corrected chi connectivity index (χ0v) is 10.4. The van der Waals surface area contributed by atoms with Crippen LogP contribution in [0.3, 0.4) is 0 Å². The molecule has 3 nitrogen and oxygen atoms in total. The molecule has 1 aliphatic carbocycles. The smallest absolute Gasteiger partial charge is 0.124 e. The van der Waals surface area contributed by atoms with Crippen LogP contribution in [0, 0.1) is 0 Å². The van der Waals surface area contributed by atoms with Crippen LogP contribution in [0.5, 0.6) is 5.75 Å². The molecule has 0 saturated heterocycles. The van der Waals surface area contributed by atoms with Gasteiger partial charge in [0.25, 0.3) is 0 Å². The molecule has 1 aromatic carbocycles. The second kappa shape index (κ2) is 5.92. The molecule has 17 heavy (non-hydrogen) atoms. The normalized spacial score (nSPS) is 16.3. The van der Waals surface area contributed by atoms with Gasteiger partial charge in [-0.1, -0.05) is 12.8 Å². The van der Waals surface area contributed by atoms with Gasteiger partial charge in [-0.05, 0) is 38.0 Å². The van der Waals surface area contributed by atoms with Crippen molar-refractivity contribution < 1.29 is 9.47 Å². The summed E-state index contributed by atoms with van der Waals surface area (Å²) >= 11 is 0. The van der Waals surface area contributed by atoms with Crippen LogP contribution in [0.1, 0.15) is 38.2 Å². The molecule has 2 N–H and O–H groups in total. The number of nitrogens with two attached hydrogens (primary N) is 1. The van der Waals surface area contributed by atoms with E-state index in [0.29, 0.717) is 19.3 Å². The quantitative estimate of drug-likeness (QED) is 0.797. The highest BCUT2D eigenvalue weighted by Gasteiger charge is 2.16. The standard InChI is InChI=1S/C14H21NO2/c1-2-16-14-8-7-12(15)9-11(14)10-17-13-5-3-4-6-13/h7-9,13H,2-6,10,15H2,1H3. The predicted octanol–water partition coefficient (Wildman–Crippen LogP) is 3.13. The monoisotopic (exact) mass is 235 g/mol. The van der Waals surface area contributed by atoms with Crippen molar-refractivity contribution in [2.45, 2.75) is 45.3 Å². The van der Waals surface area contributed by atoms with Gasteiger partial charge in [-0.15, -0.1) is 0 Å². The summed E-state index contributed by atoms with van der Waals surface area (Å²) in [4.78, 5) is 0. The molecule has 1 aliphatic rings. The molecule has 0 bridgehead atoms. The fraction of sp³-hybridized carbons (Fsp3) is 0.571. The minimum Gasteiger partial charge on any atom is -0.494 e. The van der Waals surface area contributed by atoms with Crippen LogP contribution < -0.4 is 10.5 Å². The van der Waals surface area contributed by atoms with Crippen molar-refractivity contribution in [2.24, 2.45) is 0 Å². The van der Waals surface area contributed by atoms with Crippen molar-refractivity contribution in [1.82, 2.24) is 0 Å². The van der Waals surface area contributed by atoms with E-state index in [4.69, 9.17) is 15.2 Å². The Balaban J connectivity index is 1.99. The Bertz CT molecular complexity index is 359. The largest absolute Gasteiger partial charge is 0.494 e. The zero-order chi connectivity index (χ0) is 12.1. The van der Waals surface area contributed by atoms with Gasteiger partial charge in [0.1, 0.15) is 5.75 Å². The minimum absolute atomic E-state index is 0.422. The lowest BCUT2D eigenvalue weighted by Crippen LogP contribution is -2.08. The number of hydrogen-bond donors (Lipinski definition) is 1. The maximum atomic E-state index is 5.90. The molecule has 0 radical (unpaired) electrons. The fourth-order valence-electron chi connectivity index (χ4n) is 2.27. The maximum absolute atomic E-state index is 5.90. The Labute approximate surface area is 103 Å². The van der Waals surface area contributed by atoms with Gasteiger partial charge in [-0.3, -0.25) is 0 Å². The van der Waals surface area contributed by atoms with Crippen LogP contribution in [0.25, 0.3) is 0 Å². The molecule has 3 heteroatoms. The van der Waals surface area contributed by atoms with Crippen LogP contribution in [0.2, 0.25) is 0 Å². The first-order chi connectivity index (χ1) is 8.29. The third-order valence-electron chi connectivity index (χ3n) is 3.16. The van der Waals surface area contributed by atoms with Crippen LogP contribution in [0.15, 0.2) is 18.2 Å². The van der Waals surface area contributed by atoms with Crippen LogP contribution >= 0.6 is 0 Å². The molecule has 94 valence electrons. The van der Waals surface area contributed by atoms with Crippen molar-refractivity contribution in [1.29, 1.82) is 0 Å². The van der Waals surface area contributed by atoms with Gasteiger partial charge in [-0.2, -0.15) is 0 Å². The zero-order valence-electron chi connectivity index (χ0n) is 10.4. The number of benzene rings is 1. The van der Waals surface area contributed by atoms with E-state index in [-0.39, 0.29) is 0 Å². The summed E-state index contributed by atoms with van der Waals surface area (Å²) in [5.41, 5.74) is 7.61. The molecule has 0 heterocycles. The lowest BCUT2D eigenvalue weighted by atomic mass is 10.2. The Hall–Kier alpha value is -1.22. The van der Waals surface area contributed by atoms with E-state index < -0.39 is 0 Å². The summed E-state index contributed by atoms with van der Waals surface area (Å²) in [5.74, 6) is 0.889. The predicted molar refractivity (Wildman–Crippen MR) is 69.1 cm³/mol. The Morgan fingerprint density at radius 3 is 2.76 bits per heavy atom. The summed E-state index contributed by atoms with van der Waals surface area (Å²) in [6.45, 7) is 3.25. The Kier molecular flexibility index (Phi) is 4.26. The van der Waals surface area contributed by atoms with Crippen LogP contribution in [0.4, 0.5) is 5.69 Å². The van der Waals surface area contributed by atoms with Crippen molar-refractivity contribution >= 4 is 5.69 Å². The average molecular weight is 235 g/mol. The van der Waals surface area contributed by atoms with E-state index in [1.165, 1.54) is 25.7 Å². The first-order valence-corrected chi connectivity index (χ1v) is 6.42. The van der Waals surface area contributed by atoms with Gasteiger partial charge in [0.15, 0.2) is 0 Å². The van der Waals surface area contributed by atoms with E-state index in [1.54, 1.807) is 0 Å². The van der Waals surface area contributed by atoms with E-state index in [2.05, 4.69) is 0 Å². The summed E-state index contributed by atoms with van der Waals surface area (Å²) in [6.07, 6.45) is 5.38. The molecule has 0 amide bonds. The highest BCUT2D eigenvalue weighted by Crippen LogP contribution is 2.26. The SMILES string of the molecule is CCOc1ccc(N)cc1COC1CCCC1. The number of nitrogen functional groups attached to an aromatic ring is 1. The molecule has 0 unspecified atom stereocenters. The lowest BCUT2D eigenvalue weighted by Gasteiger charge is -2.14. The average Bonchev–Trinajstić information content (AvgIpc) is 2.82. The molecule has 1 aromatic rings. The Morgan fingerprint density at radius 2 is 2.06 bits per heavy atom. The minimum atomic E-state index is 0.422. The third-order valence-corrected chi connectivity index (χ3v) is 3.16. The van der Waals surface area contributed by atoms with E-state index in [9.17, 15) is 0 Å². The van der Waals surface area contributed by atoms with Crippen molar-refractivity contribution in [3.8, 4) is 5.75 Å². The van der Waals surface area contributed by atoms with Crippen LogP contribution in [-0.4, -0.2) is 12.7 Å². The molecule has 0 aromatic heterocycles. The van der Waals surface area contributed by atoms with E-state index in [0.717, 1.165) is 17.0 Å². The molecule has 0 aliphatic heterocycles. The number of anilines is 1. The van der Waals surface area contributed by atoms with Crippen LogP contribution in [-0.2, 0) is 11.3 Å². The number of hydrogen-bond acceptors (Lipinski definition) is 3. The summed E-state index contributed by atoms with van der Waals surface area (Å²) < 4.78 is 11.5. The van der Waals surface area contributed by atoms with Gasteiger partial charge in [0, 0.05) is 11.3 Å². The van der Waals surface area contributed by atoms with Crippen molar-refractivity contribution in [3.63, 3.8) is 0 Å². The van der Waals surface area contributed by atoms with Gasteiger partial charge in [0.05, 0.1) is 19.3 Å². The molecular weight excluding hydrogens is 214 g/mol. The molecular formula is C14H21NO2.